The van der Waals surface area contributed by atoms with Gasteiger partial charge >= 0.3 is 36.6 Å². The Balaban J connectivity index is 0.000000185. The van der Waals surface area contributed by atoms with Gasteiger partial charge in [0.05, 0.1) is 102 Å². The number of H-pyrrole nitrogens is 1. The fourth-order valence-electron chi connectivity index (χ4n) is 13.2. The van der Waals surface area contributed by atoms with Crippen molar-refractivity contribution in [1.82, 2.24) is 48.8 Å². The third-order valence-corrected chi connectivity index (χ3v) is 26.4. The molecule has 7 N–H and O–H groups in total. The van der Waals surface area contributed by atoms with Gasteiger partial charge in [-0.15, -0.1) is 56.7 Å². The average molecular weight is 2150 g/mol. The van der Waals surface area contributed by atoms with Crippen molar-refractivity contribution in [1.29, 1.82) is 0 Å². The molecular formula is C90H80BrCl5F12N12O11S5. The highest BCUT2D eigenvalue weighted by Crippen LogP contribution is 2.45. The highest BCUT2D eigenvalue weighted by atomic mass is 79.9. The Bertz CT molecular complexity index is 6750. The van der Waals surface area contributed by atoms with E-state index in [2.05, 4.69) is 58.5 Å². The van der Waals surface area contributed by atoms with Gasteiger partial charge in [0.25, 0.3) is 22.2 Å². The highest BCUT2D eigenvalue weighted by molar-refractivity contribution is 9.09. The number of aliphatic carboxylic acids is 1. The molecule has 2 aliphatic heterocycles. The predicted molar refractivity (Wildman–Crippen MR) is 517 cm³/mol. The number of thiophene rings is 5. The van der Waals surface area contributed by atoms with E-state index in [0.717, 1.165) is 100 Å². The first-order valence-electron chi connectivity index (χ1n) is 40.4. The summed E-state index contributed by atoms with van der Waals surface area (Å²) in [6.45, 7) is 14.4. The van der Waals surface area contributed by atoms with E-state index in [4.69, 9.17) is 73.6 Å². The molecule has 5 aromatic carbocycles. The van der Waals surface area contributed by atoms with Crippen molar-refractivity contribution in [2.75, 3.05) is 43.8 Å². The Hall–Kier alpha value is -10.7. The van der Waals surface area contributed by atoms with Crippen molar-refractivity contribution < 1.29 is 86.5 Å². The summed E-state index contributed by atoms with van der Waals surface area (Å²) in [5, 5.41) is 21.5. The summed E-state index contributed by atoms with van der Waals surface area (Å²) in [5.74, 6) is -1.31. The van der Waals surface area contributed by atoms with Crippen LogP contribution in [0.25, 0.3) is 96.5 Å². The number of ketones is 2. The summed E-state index contributed by atoms with van der Waals surface area (Å²) < 4.78 is 166. The van der Waals surface area contributed by atoms with Crippen molar-refractivity contribution in [2.45, 2.75) is 123 Å². The molecule has 136 heavy (non-hydrogen) atoms. The molecule has 0 radical (unpaired) electrons. The zero-order valence-corrected chi connectivity index (χ0v) is 81.2. The molecule has 16 rings (SSSR count). The molecule has 0 aliphatic carbocycles. The number of nitrogens with one attached hydrogen (secondary N) is 2. The van der Waals surface area contributed by atoms with Gasteiger partial charge in [-0.05, 0) is 167 Å². The first-order valence-corrected chi connectivity index (χ1v) is 47.9. The molecule has 2 fully saturated rings. The van der Waals surface area contributed by atoms with Crippen molar-refractivity contribution in [2.24, 2.45) is 5.73 Å². The van der Waals surface area contributed by atoms with E-state index >= 15 is 0 Å². The number of alkyl halides is 13. The van der Waals surface area contributed by atoms with Crippen molar-refractivity contribution in [3.8, 4) is 55.6 Å². The van der Waals surface area contributed by atoms with Gasteiger partial charge < -0.3 is 36.5 Å². The minimum absolute atomic E-state index is 0.0161. The number of nitrogens with zero attached hydrogens (tertiary/aromatic N) is 8. The lowest BCUT2D eigenvalue weighted by atomic mass is 10.0. The maximum Gasteiger partial charge on any atom is 0.417 e. The minimum Gasteiger partial charge on any atom is -0.481 e. The van der Waals surface area contributed by atoms with E-state index in [1.807, 2.05) is 30.5 Å². The van der Waals surface area contributed by atoms with Crippen molar-refractivity contribution in [3.63, 3.8) is 0 Å². The molecule has 0 atom stereocenters. The lowest BCUT2D eigenvalue weighted by molar-refractivity contribution is -0.138. The number of esters is 1. The Labute approximate surface area is 819 Å². The van der Waals surface area contributed by atoms with Crippen molar-refractivity contribution in [3.05, 3.63) is 256 Å². The number of hydrogen-bond acceptors (Lipinski definition) is 22. The van der Waals surface area contributed by atoms with E-state index < -0.39 is 79.1 Å². The van der Waals surface area contributed by atoms with Crippen LogP contribution in [-0.2, 0) is 68.3 Å². The van der Waals surface area contributed by atoms with Gasteiger partial charge in [-0.3, -0.25) is 52.1 Å². The molecule has 46 heteroatoms. The third-order valence-electron chi connectivity index (χ3n) is 19.9. The maximum absolute atomic E-state index is 13.2. The number of carboxylic acids is 1. The number of fused-ring (bicyclic) bond motifs is 4. The standard InChI is InChI=1S/C20H17ClF3N3O2S.C17H12ClF3N2O2S.C16H10ClF3N2O3S.C14H14ClNO2S.C13H6ClF3N2OS.C4H7BrO.C4H9N.C2H5N/c21-15-4-3-12(9-14(15)20(22,23)24)13-10-30-18-17(13)19(29)27(11-25-18)8-5-16(28)26-6-1-2-7-26;1-9(24)4-5-23-8-22-15-14(16(23)25)11(7-26-15)10-2-3-13(18)12(6-10)17(19,20)21;17-11-2-1-8(5-10(11)16(18,19)20)9-6-26-14-13(9)15(25)22(7-21-14)4-3-12(23)24;1-3-18-14(17)12-10(7-19-13(12)16)9-4-5-11(15)8(2)6-9;14-9-2-1-6(3-8(9)13(15,16)17)7-4-21-12-10(7)11(20)18-5-19-12;1-4(6)2-3-5;1-2-4-5-3-1;1-2-3/h3-4,9-11H,1-2,5-8H2;2-3,6-8H,4-5H2,1H3;1-2,5-7H,3-4H2,(H,23,24);4-7H,3,16H2,1-2H3;1-5H,(H,18,19,20);2-3H2,1H3;5H,1-4H2;2H,1,3H2. The number of benzene rings is 5. The van der Waals surface area contributed by atoms with Crippen LogP contribution in [0.15, 0.2) is 175 Å². The van der Waals surface area contributed by atoms with Crippen LogP contribution >= 0.6 is 131 Å². The van der Waals surface area contributed by atoms with E-state index in [0.29, 0.717) is 70.2 Å². The Morgan fingerprint density at radius 3 is 1.16 bits per heavy atom. The van der Waals surface area contributed by atoms with Gasteiger partial charge in [-0.1, -0.05) is 111 Å². The number of carbonyl (C=O) groups excluding carboxylic acids is 4. The molecule has 1 amide bonds. The number of halogens is 18. The number of nitrogens with two attached hydrogens (primary N) is 2. The van der Waals surface area contributed by atoms with Crippen LogP contribution in [0, 0.1) is 6.92 Å². The van der Waals surface area contributed by atoms with Crippen LogP contribution in [0.5, 0.6) is 0 Å². The SMILES string of the molecule is C1CCNC1.C=CN.CC(=O)CCBr.CC(=O)CCn1cnc2scc(-c3ccc(Cl)c(C(F)(F)F)c3)c2c1=O.CCOC(=O)c1c(-c2ccc(Cl)c(C)c2)csc1N.O=C(CCn1cnc2scc(-c3ccc(Cl)c(C(F)(F)F)c3)c2c1=O)N1CCCC1.O=C(O)CCn1cnc2scc(-c3ccc(Cl)c(C(F)(F)F)c3)c2c1=O.O=c1[nH]cnc2scc(-c3ccc(Cl)c(C(F)(F)F)c3)c12. The minimum atomic E-state index is -4.63. The van der Waals surface area contributed by atoms with E-state index in [1.54, 1.807) is 40.3 Å². The first kappa shape index (κ1) is 109. The number of carbonyl (C=O) groups is 5. The molecule has 722 valence electrons. The molecule has 11 heterocycles. The number of aryl methyl sites for hydroxylation is 4. The fourth-order valence-corrected chi connectivity index (χ4v) is 19.2. The Kier molecular flexibility index (Phi) is 39.3. The molecule has 9 aromatic heterocycles. The molecule has 0 saturated carbocycles. The van der Waals surface area contributed by atoms with Gasteiger partial charge in [0, 0.05) is 117 Å². The summed E-state index contributed by atoms with van der Waals surface area (Å²) in [6, 6.07) is 19.7. The maximum atomic E-state index is 13.2. The van der Waals surface area contributed by atoms with E-state index in [-0.39, 0.29) is 122 Å². The topological polar surface area (TPSA) is 333 Å². The third kappa shape index (κ3) is 28.7. The van der Waals surface area contributed by atoms with E-state index in [1.165, 1.54) is 155 Å². The Morgan fingerprint density at radius 1 is 0.500 bits per heavy atom. The van der Waals surface area contributed by atoms with Gasteiger partial charge in [0.2, 0.25) is 5.91 Å². The molecule has 14 aromatic rings. The number of anilines is 1. The molecule has 0 spiro atoms. The van der Waals surface area contributed by atoms with Gasteiger partial charge in [-0.25, -0.2) is 24.7 Å². The van der Waals surface area contributed by atoms with Gasteiger partial charge in [-0.2, -0.15) is 52.7 Å². The summed E-state index contributed by atoms with van der Waals surface area (Å²) in [5.41, 5.74) is 10.4. The number of hydrogen-bond donors (Lipinski definition) is 5. The lowest BCUT2D eigenvalue weighted by Crippen LogP contribution is -2.30. The largest absolute Gasteiger partial charge is 0.481 e. The number of aromatic amines is 1. The number of amides is 1. The van der Waals surface area contributed by atoms with Crippen LogP contribution in [0.2, 0.25) is 25.1 Å². The van der Waals surface area contributed by atoms with Gasteiger partial charge in [0.1, 0.15) is 41.5 Å². The zero-order valence-electron chi connectivity index (χ0n) is 71.8. The predicted octanol–water partition coefficient (Wildman–Crippen LogP) is 24.1. The number of carboxylic acid groups (broad SMARTS) is 1. The second-order valence-electron chi connectivity index (χ2n) is 29.4. The average Bonchev–Trinajstić information content (AvgIpc) is 1.61. The van der Waals surface area contributed by atoms with Crippen LogP contribution in [0.1, 0.15) is 110 Å². The quantitative estimate of drug-likeness (QED) is 0.0303. The number of nitrogen functional groups attached to an aromatic ring is 1. The molecule has 2 aliphatic rings. The first-order chi connectivity index (χ1) is 64.2. The molecule has 0 bridgehead atoms. The zero-order chi connectivity index (χ0) is 100. The van der Waals surface area contributed by atoms with Crippen molar-refractivity contribution >= 4 is 206 Å². The van der Waals surface area contributed by atoms with E-state index in [9.17, 15) is 95.8 Å². The van der Waals surface area contributed by atoms with Crippen LogP contribution in [-0.4, -0.2) is 116 Å². The second kappa shape index (κ2) is 49.0. The lowest BCUT2D eigenvalue weighted by Gasteiger charge is -2.15. The smallest absolute Gasteiger partial charge is 0.417 e. The number of aromatic nitrogens is 8. The molecular weight excluding hydrogens is 2070 g/mol. The van der Waals surface area contributed by atoms with Crippen LogP contribution in [0.4, 0.5) is 57.7 Å². The highest BCUT2D eigenvalue weighted by Gasteiger charge is 2.38. The van der Waals surface area contributed by atoms with Crippen LogP contribution in [0.3, 0.4) is 0 Å². The van der Waals surface area contributed by atoms with Gasteiger partial charge in [0.15, 0.2) is 0 Å². The summed E-state index contributed by atoms with van der Waals surface area (Å²) >= 11 is 37.7. The normalized spacial score (nSPS) is 12.4. The monoisotopic (exact) mass is 2150 g/mol. The summed E-state index contributed by atoms with van der Waals surface area (Å²) in [7, 11) is 0. The number of Topliss-reactive ketones (excluding diaryl/α,β-unsaturated/α-hetero) is 2. The summed E-state index contributed by atoms with van der Waals surface area (Å²) in [6.07, 6.45) is -6.44. The molecule has 23 nitrogen and oxygen atoms in total. The Morgan fingerprint density at radius 2 is 0.838 bits per heavy atom. The fraction of sp³-hybridized carbons (Fsp3) is 0.278. The number of likely N-dealkylation sites (tertiary alicyclic amines) is 1. The van der Waals surface area contributed by atoms with Crippen LogP contribution < -0.4 is 39.0 Å². The molecule has 0 unspecified atom stereocenters. The number of rotatable bonds is 18. The number of ether oxygens (including phenoxy) is 1. The molecule has 2 saturated heterocycles. The summed E-state index contributed by atoms with van der Waals surface area (Å²) in [4.78, 5) is 129. The second-order valence-corrected chi connectivity index (χ2v) is 36.6.